The molecular weight excluding hydrogens is 287 g/mol. The van der Waals surface area contributed by atoms with Crippen molar-refractivity contribution in [3.8, 4) is 0 Å². The predicted molar refractivity (Wildman–Crippen MR) is 59.3 cm³/mol. The van der Waals surface area contributed by atoms with Crippen LogP contribution in [0.25, 0.3) is 0 Å². The van der Waals surface area contributed by atoms with Crippen LogP contribution in [0.5, 0.6) is 0 Å². The van der Waals surface area contributed by atoms with Gasteiger partial charge in [-0.15, -0.1) is 11.3 Å². The van der Waals surface area contributed by atoms with E-state index in [2.05, 4.69) is 9.72 Å². The van der Waals surface area contributed by atoms with Crippen LogP contribution in [0.4, 0.5) is 13.2 Å². The van der Waals surface area contributed by atoms with Gasteiger partial charge < -0.3 is 14.9 Å². The molecule has 0 aliphatic heterocycles. The Hall–Kier alpha value is -1.19. The van der Waals surface area contributed by atoms with Gasteiger partial charge in [-0.2, -0.15) is 13.2 Å². The average Bonchev–Trinajstić information content (AvgIpc) is 2.76. The van der Waals surface area contributed by atoms with Gasteiger partial charge in [-0.05, 0) is 6.92 Å². The Morgan fingerprint density at radius 1 is 1.53 bits per heavy atom. The van der Waals surface area contributed by atoms with E-state index in [1.165, 1.54) is 0 Å². The van der Waals surface area contributed by atoms with Crippen molar-refractivity contribution in [2.24, 2.45) is 0 Å². The van der Waals surface area contributed by atoms with E-state index in [1.807, 2.05) is 0 Å². The number of aliphatic hydroxyl groups excluding tert-OH is 2. The van der Waals surface area contributed by atoms with Gasteiger partial charge in [-0.25, -0.2) is 4.98 Å². The molecule has 0 fully saturated rings. The molecule has 1 aromatic rings. The Morgan fingerprint density at radius 2 is 2.16 bits per heavy atom. The summed E-state index contributed by atoms with van der Waals surface area (Å²) in [6.45, 7) is 1.67. The minimum absolute atomic E-state index is 0.108. The summed E-state index contributed by atoms with van der Waals surface area (Å²) < 4.78 is 41.5. The van der Waals surface area contributed by atoms with Crippen molar-refractivity contribution >= 4 is 17.3 Å². The molecule has 0 amide bonds. The number of carbonyl (C=O) groups is 1. The zero-order chi connectivity index (χ0) is 14.6. The topological polar surface area (TPSA) is 79.7 Å². The first-order valence-corrected chi connectivity index (χ1v) is 6.18. The highest BCUT2D eigenvalue weighted by atomic mass is 32.1. The van der Waals surface area contributed by atoms with Gasteiger partial charge in [0.15, 0.2) is 5.69 Å². The molecule has 0 saturated heterocycles. The second-order valence-corrected chi connectivity index (χ2v) is 4.48. The molecule has 1 aromatic heterocycles. The summed E-state index contributed by atoms with van der Waals surface area (Å²) in [6, 6.07) is 0. The molecule has 2 atom stereocenters. The normalized spacial score (nSPS) is 15.1. The number of aliphatic hydroxyl groups is 2. The summed E-state index contributed by atoms with van der Waals surface area (Å²) >= 11 is 0.560. The third-order valence-corrected chi connectivity index (χ3v) is 3.03. The van der Waals surface area contributed by atoms with Crippen molar-refractivity contribution in [1.29, 1.82) is 0 Å². The van der Waals surface area contributed by atoms with Crippen LogP contribution >= 0.6 is 11.3 Å². The van der Waals surface area contributed by atoms with Crippen molar-refractivity contribution in [2.75, 3.05) is 6.61 Å². The van der Waals surface area contributed by atoms with Crippen LogP contribution in [-0.4, -0.2) is 33.9 Å². The number of hydrogen-bond donors (Lipinski definition) is 2. The van der Waals surface area contributed by atoms with E-state index in [0.717, 1.165) is 5.38 Å². The Morgan fingerprint density at radius 3 is 2.63 bits per heavy atom. The average molecular weight is 299 g/mol. The van der Waals surface area contributed by atoms with E-state index in [9.17, 15) is 28.2 Å². The van der Waals surface area contributed by atoms with Gasteiger partial charge in [0.2, 0.25) is 0 Å². The molecule has 0 aromatic carbocycles. The number of ether oxygens (including phenoxy) is 1. The fourth-order valence-corrected chi connectivity index (χ4v) is 2.09. The lowest BCUT2D eigenvalue weighted by atomic mass is 10.1. The highest BCUT2D eigenvalue weighted by molar-refractivity contribution is 7.09. The zero-order valence-corrected chi connectivity index (χ0v) is 10.7. The van der Waals surface area contributed by atoms with Gasteiger partial charge in [0.1, 0.15) is 11.1 Å². The van der Waals surface area contributed by atoms with E-state index in [1.54, 1.807) is 6.92 Å². The third-order valence-electron chi connectivity index (χ3n) is 2.11. The molecule has 1 heterocycles. The molecule has 5 nitrogen and oxygen atoms in total. The lowest BCUT2D eigenvalue weighted by Gasteiger charge is -2.14. The molecule has 0 radical (unpaired) electrons. The van der Waals surface area contributed by atoms with Crippen molar-refractivity contribution in [2.45, 2.75) is 31.7 Å². The van der Waals surface area contributed by atoms with Gasteiger partial charge in [0, 0.05) is 5.38 Å². The Bertz CT molecular complexity index is 435. The fraction of sp³-hybridized carbons (Fsp3) is 0.600. The van der Waals surface area contributed by atoms with Crippen molar-refractivity contribution in [3.63, 3.8) is 0 Å². The van der Waals surface area contributed by atoms with E-state index < -0.39 is 36.5 Å². The minimum atomic E-state index is -4.61. The number of esters is 1. The van der Waals surface area contributed by atoms with Crippen molar-refractivity contribution in [1.82, 2.24) is 4.98 Å². The standard InChI is InChI=1S/C10H12F3NO4S/c1-2-18-7(16)3-5(15)8(17)9-14-6(4-19-9)10(11,12)13/h4-5,8,15,17H,2-3H2,1H3. The molecule has 108 valence electrons. The SMILES string of the molecule is CCOC(=O)CC(O)C(O)c1nc(C(F)(F)F)cs1. The number of rotatable bonds is 5. The number of hydrogen-bond acceptors (Lipinski definition) is 6. The molecule has 19 heavy (non-hydrogen) atoms. The second-order valence-electron chi connectivity index (χ2n) is 3.59. The maximum Gasteiger partial charge on any atom is 0.434 e. The summed E-state index contributed by atoms with van der Waals surface area (Å²) in [5.41, 5.74) is -1.14. The van der Waals surface area contributed by atoms with E-state index in [4.69, 9.17) is 0 Å². The Labute approximate surface area is 110 Å². The molecule has 0 bridgehead atoms. The number of thiazole rings is 1. The minimum Gasteiger partial charge on any atom is -0.466 e. The molecule has 9 heteroatoms. The third kappa shape index (κ3) is 4.44. The molecule has 2 N–H and O–H groups in total. The largest absolute Gasteiger partial charge is 0.466 e. The van der Waals surface area contributed by atoms with Crippen LogP contribution in [0.1, 0.15) is 30.2 Å². The van der Waals surface area contributed by atoms with E-state index in [-0.39, 0.29) is 11.6 Å². The Balaban J connectivity index is 2.69. The molecular formula is C10H12F3NO4S. The van der Waals surface area contributed by atoms with Crippen LogP contribution in [0.2, 0.25) is 0 Å². The van der Waals surface area contributed by atoms with Gasteiger partial charge in [-0.1, -0.05) is 0 Å². The quantitative estimate of drug-likeness (QED) is 0.806. The zero-order valence-electron chi connectivity index (χ0n) is 9.85. The summed E-state index contributed by atoms with van der Waals surface area (Å²) in [6.07, 6.45) is -8.35. The van der Waals surface area contributed by atoms with Gasteiger partial charge >= 0.3 is 12.1 Å². The van der Waals surface area contributed by atoms with Crippen molar-refractivity contribution in [3.05, 3.63) is 16.1 Å². The molecule has 1 rings (SSSR count). The fourth-order valence-electron chi connectivity index (χ4n) is 1.22. The van der Waals surface area contributed by atoms with Gasteiger partial charge in [-0.3, -0.25) is 4.79 Å². The Kier molecular flexibility index (Phi) is 5.27. The molecule has 0 spiro atoms. The molecule has 0 aliphatic carbocycles. The second kappa shape index (κ2) is 6.31. The first kappa shape index (κ1) is 15.9. The van der Waals surface area contributed by atoms with E-state index in [0.29, 0.717) is 11.3 Å². The van der Waals surface area contributed by atoms with Crippen LogP contribution in [0.15, 0.2) is 5.38 Å². The summed E-state index contributed by atoms with van der Waals surface area (Å²) in [4.78, 5) is 14.3. The first-order valence-electron chi connectivity index (χ1n) is 5.30. The number of carbonyl (C=O) groups excluding carboxylic acids is 1. The summed E-state index contributed by atoms with van der Waals surface area (Å²) in [5, 5.41) is 19.6. The molecule has 0 saturated carbocycles. The van der Waals surface area contributed by atoms with Gasteiger partial charge in [0.25, 0.3) is 0 Å². The number of alkyl halides is 3. The van der Waals surface area contributed by atoms with Crippen molar-refractivity contribution < 1.29 is 32.9 Å². The van der Waals surface area contributed by atoms with Crippen LogP contribution < -0.4 is 0 Å². The van der Waals surface area contributed by atoms with Gasteiger partial charge in [0.05, 0.1) is 19.1 Å². The smallest absolute Gasteiger partial charge is 0.434 e. The van der Waals surface area contributed by atoms with Crippen LogP contribution in [-0.2, 0) is 15.7 Å². The summed E-state index contributed by atoms with van der Waals surface area (Å²) in [5.74, 6) is -0.748. The maximum atomic E-state index is 12.3. The van der Waals surface area contributed by atoms with Crippen LogP contribution in [0, 0.1) is 0 Å². The van der Waals surface area contributed by atoms with E-state index >= 15 is 0 Å². The number of nitrogens with zero attached hydrogens (tertiary/aromatic N) is 1. The lowest BCUT2D eigenvalue weighted by molar-refractivity contribution is -0.147. The lowest BCUT2D eigenvalue weighted by Crippen LogP contribution is -2.23. The highest BCUT2D eigenvalue weighted by Crippen LogP contribution is 2.32. The summed E-state index contributed by atoms with van der Waals surface area (Å²) in [7, 11) is 0. The molecule has 2 unspecified atom stereocenters. The first-order chi connectivity index (χ1) is 8.75. The number of halogens is 3. The van der Waals surface area contributed by atoms with Crippen LogP contribution in [0.3, 0.4) is 0 Å². The highest BCUT2D eigenvalue weighted by Gasteiger charge is 2.35. The maximum absolute atomic E-state index is 12.3. The molecule has 0 aliphatic rings. The monoisotopic (exact) mass is 299 g/mol. The predicted octanol–water partition coefficient (Wildman–Crippen LogP) is 1.51. The number of aromatic nitrogens is 1.